The van der Waals surface area contributed by atoms with Crippen LogP contribution in [0, 0.1) is 13.8 Å². The van der Waals surface area contributed by atoms with Gasteiger partial charge in [0.25, 0.3) is 0 Å². The van der Waals surface area contributed by atoms with Crippen LogP contribution >= 0.6 is 12.4 Å². The normalized spacial score (nSPS) is 13.9. The second-order valence-corrected chi connectivity index (χ2v) is 10.4. The number of benzene rings is 2. The standard InChI is InChI=1S/C18H22N2O4S2.ClH/c1-12-6-17(25(3,21)22)13(2)18(7-12)26(23,24)20-9-14-4-5-15-10-19-11-16(15)8-14;/h4-8,19-20H,9-11H2,1-3H3;1H. The van der Waals surface area contributed by atoms with E-state index in [-0.39, 0.29) is 34.3 Å². The first-order valence-electron chi connectivity index (χ1n) is 8.20. The molecule has 2 N–H and O–H groups in total. The second kappa shape index (κ2) is 7.89. The van der Waals surface area contributed by atoms with Gasteiger partial charge in [-0.15, -0.1) is 12.4 Å². The van der Waals surface area contributed by atoms with Crippen LogP contribution in [0.3, 0.4) is 0 Å². The molecular weight excluding hydrogens is 408 g/mol. The number of nitrogens with one attached hydrogen (secondary N) is 2. The minimum absolute atomic E-state index is 0. The van der Waals surface area contributed by atoms with E-state index >= 15 is 0 Å². The van der Waals surface area contributed by atoms with E-state index in [1.807, 2.05) is 18.2 Å². The summed E-state index contributed by atoms with van der Waals surface area (Å²) in [5, 5.41) is 3.25. The highest BCUT2D eigenvalue weighted by atomic mass is 35.5. The van der Waals surface area contributed by atoms with Gasteiger partial charge in [0.15, 0.2) is 9.84 Å². The van der Waals surface area contributed by atoms with Gasteiger partial charge in [-0.05, 0) is 53.8 Å². The molecule has 3 rings (SSSR count). The zero-order valence-corrected chi connectivity index (χ0v) is 17.8. The molecule has 9 heteroatoms. The highest BCUT2D eigenvalue weighted by Gasteiger charge is 2.23. The molecule has 0 fully saturated rings. The summed E-state index contributed by atoms with van der Waals surface area (Å²) in [4.78, 5) is 0.0437. The molecule has 0 radical (unpaired) electrons. The molecule has 2 aromatic rings. The summed E-state index contributed by atoms with van der Waals surface area (Å²) in [6.07, 6.45) is 1.08. The lowest BCUT2D eigenvalue weighted by atomic mass is 10.1. The molecule has 0 bridgehead atoms. The van der Waals surface area contributed by atoms with Crippen LogP contribution < -0.4 is 10.0 Å². The Morgan fingerprint density at radius 2 is 1.59 bits per heavy atom. The predicted molar refractivity (Wildman–Crippen MR) is 107 cm³/mol. The maximum Gasteiger partial charge on any atom is 0.241 e. The lowest BCUT2D eigenvalue weighted by molar-refractivity contribution is 0.580. The molecule has 0 amide bonds. The number of hydrogen-bond donors (Lipinski definition) is 2. The van der Waals surface area contributed by atoms with Crippen LogP contribution in [0.5, 0.6) is 0 Å². The fraction of sp³-hybridized carbons (Fsp3) is 0.333. The van der Waals surface area contributed by atoms with E-state index in [0.717, 1.165) is 24.9 Å². The molecule has 0 spiro atoms. The van der Waals surface area contributed by atoms with E-state index < -0.39 is 19.9 Å². The zero-order valence-electron chi connectivity index (χ0n) is 15.4. The van der Waals surface area contributed by atoms with Gasteiger partial charge in [-0.25, -0.2) is 21.6 Å². The Morgan fingerprint density at radius 1 is 0.963 bits per heavy atom. The van der Waals surface area contributed by atoms with Crippen LogP contribution in [0.2, 0.25) is 0 Å². The molecule has 148 valence electrons. The average Bonchev–Trinajstić information content (AvgIpc) is 3.01. The van der Waals surface area contributed by atoms with Crippen molar-refractivity contribution in [2.45, 2.75) is 43.3 Å². The van der Waals surface area contributed by atoms with Gasteiger partial charge >= 0.3 is 0 Å². The molecule has 27 heavy (non-hydrogen) atoms. The molecule has 1 heterocycles. The molecule has 1 aliphatic heterocycles. The molecule has 0 saturated carbocycles. The minimum atomic E-state index is -3.84. The molecule has 1 aliphatic rings. The fourth-order valence-corrected chi connectivity index (χ4v) is 5.67. The number of halogens is 1. The van der Waals surface area contributed by atoms with Crippen molar-refractivity contribution >= 4 is 32.3 Å². The summed E-state index contributed by atoms with van der Waals surface area (Å²) in [5.41, 5.74) is 4.09. The van der Waals surface area contributed by atoms with Gasteiger partial charge in [0, 0.05) is 25.9 Å². The summed E-state index contributed by atoms with van der Waals surface area (Å²) in [6.45, 7) is 4.96. The van der Waals surface area contributed by atoms with Gasteiger partial charge in [-0.1, -0.05) is 18.2 Å². The third-order valence-electron chi connectivity index (χ3n) is 4.51. The summed E-state index contributed by atoms with van der Waals surface area (Å²) in [6, 6.07) is 8.89. The van der Waals surface area contributed by atoms with Gasteiger partial charge in [-0.3, -0.25) is 0 Å². The van der Waals surface area contributed by atoms with Gasteiger partial charge in [0.1, 0.15) is 0 Å². The van der Waals surface area contributed by atoms with Crippen molar-refractivity contribution in [2.24, 2.45) is 0 Å². The SMILES string of the molecule is Cc1cc(S(C)(=O)=O)c(C)c(S(=O)(=O)NCc2ccc3c(c2)CNC3)c1.Cl. The number of sulfone groups is 1. The Hall–Kier alpha value is -1.45. The van der Waals surface area contributed by atoms with E-state index in [2.05, 4.69) is 10.0 Å². The summed E-state index contributed by atoms with van der Waals surface area (Å²) in [7, 11) is -7.35. The van der Waals surface area contributed by atoms with Gasteiger partial charge in [-0.2, -0.15) is 0 Å². The summed E-state index contributed by atoms with van der Waals surface area (Å²) >= 11 is 0. The maximum absolute atomic E-state index is 12.8. The highest BCUT2D eigenvalue weighted by Crippen LogP contribution is 2.25. The Labute approximate surface area is 166 Å². The number of aryl methyl sites for hydroxylation is 1. The molecule has 0 unspecified atom stereocenters. The lowest BCUT2D eigenvalue weighted by Crippen LogP contribution is -2.24. The Balaban J connectivity index is 0.00000261. The van der Waals surface area contributed by atoms with E-state index in [4.69, 9.17) is 0 Å². The third-order valence-corrected chi connectivity index (χ3v) is 7.26. The first kappa shape index (κ1) is 21.8. The van der Waals surface area contributed by atoms with E-state index in [9.17, 15) is 16.8 Å². The van der Waals surface area contributed by atoms with Crippen molar-refractivity contribution in [2.75, 3.05) is 6.26 Å². The molecular formula is C18H23ClN2O4S2. The largest absolute Gasteiger partial charge is 0.309 e. The van der Waals surface area contributed by atoms with Crippen LogP contribution in [0.25, 0.3) is 0 Å². The fourth-order valence-electron chi connectivity index (χ4n) is 3.17. The molecule has 0 aromatic heterocycles. The van der Waals surface area contributed by atoms with Crippen molar-refractivity contribution in [1.29, 1.82) is 0 Å². The molecule has 0 saturated heterocycles. The van der Waals surface area contributed by atoms with Crippen LogP contribution in [-0.4, -0.2) is 23.1 Å². The van der Waals surface area contributed by atoms with Crippen LogP contribution in [0.15, 0.2) is 40.1 Å². The van der Waals surface area contributed by atoms with E-state index in [0.29, 0.717) is 5.56 Å². The number of rotatable bonds is 5. The van der Waals surface area contributed by atoms with Gasteiger partial charge in [0.2, 0.25) is 10.0 Å². The van der Waals surface area contributed by atoms with Gasteiger partial charge < -0.3 is 5.32 Å². The van der Waals surface area contributed by atoms with Crippen LogP contribution in [-0.2, 0) is 39.5 Å². The molecule has 6 nitrogen and oxygen atoms in total. The van der Waals surface area contributed by atoms with Crippen LogP contribution in [0.1, 0.15) is 27.8 Å². The third kappa shape index (κ3) is 4.70. The predicted octanol–water partition coefficient (Wildman–Crippen LogP) is 2.21. The van der Waals surface area contributed by atoms with Gasteiger partial charge in [0.05, 0.1) is 9.79 Å². The second-order valence-electron chi connectivity index (χ2n) is 6.69. The van der Waals surface area contributed by atoms with Crippen molar-refractivity contribution in [3.8, 4) is 0 Å². The lowest BCUT2D eigenvalue weighted by Gasteiger charge is -2.14. The number of hydrogen-bond acceptors (Lipinski definition) is 5. The Kier molecular flexibility index (Phi) is 6.38. The summed E-state index contributed by atoms with van der Waals surface area (Å²) < 4.78 is 52.0. The van der Waals surface area contributed by atoms with E-state index in [1.165, 1.54) is 30.2 Å². The van der Waals surface area contributed by atoms with Crippen molar-refractivity contribution in [1.82, 2.24) is 10.0 Å². The van der Waals surface area contributed by atoms with E-state index in [1.54, 1.807) is 6.92 Å². The van der Waals surface area contributed by atoms with Crippen molar-refractivity contribution in [3.63, 3.8) is 0 Å². The molecule has 0 aliphatic carbocycles. The first-order chi connectivity index (χ1) is 12.1. The monoisotopic (exact) mass is 430 g/mol. The molecule has 2 aromatic carbocycles. The maximum atomic E-state index is 12.8. The first-order valence-corrected chi connectivity index (χ1v) is 11.6. The topological polar surface area (TPSA) is 92.3 Å². The summed E-state index contributed by atoms with van der Waals surface area (Å²) in [5.74, 6) is 0. The minimum Gasteiger partial charge on any atom is -0.309 e. The number of sulfonamides is 1. The quantitative estimate of drug-likeness (QED) is 0.758. The smallest absolute Gasteiger partial charge is 0.241 e. The van der Waals surface area contributed by atoms with Crippen molar-refractivity contribution in [3.05, 3.63) is 58.1 Å². The zero-order chi connectivity index (χ0) is 19.1. The Morgan fingerprint density at radius 3 is 2.26 bits per heavy atom. The highest BCUT2D eigenvalue weighted by molar-refractivity contribution is 7.91. The molecule has 0 atom stereocenters. The van der Waals surface area contributed by atoms with Crippen molar-refractivity contribution < 1.29 is 16.8 Å². The average molecular weight is 431 g/mol. The Bertz CT molecular complexity index is 1080. The number of fused-ring (bicyclic) bond motifs is 1. The van der Waals surface area contributed by atoms with Crippen LogP contribution in [0.4, 0.5) is 0 Å².